The van der Waals surface area contributed by atoms with E-state index in [1.165, 1.54) is 6.20 Å². The van der Waals surface area contributed by atoms with E-state index in [4.69, 9.17) is 5.11 Å². The normalized spacial score (nSPS) is 16.7. The first-order valence-electron chi connectivity index (χ1n) is 5.60. The molecule has 1 aromatic heterocycles. The van der Waals surface area contributed by atoms with Gasteiger partial charge in [-0.2, -0.15) is 0 Å². The summed E-state index contributed by atoms with van der Waals surface area (Å²) in [5, 5.41) is 11.5. The highest BCUT2D eigenvalue weighted by atomic mass is 16.4. The number of carboxylic acid groups (broad SMARTS) is 1. The zero-order chi connectivity index (χ0) is 13.2. The standard InChI is InChI=1S/C11H13N3O4/c15-8-6-12-7(5-13-8)10(18)14-11(2-1-3-11)4-9(16)17/h5-6H,1-4H2,(H,13,15)(H,14,18)(H,16,17). The number of carboxylic acids is 1. The molecule has 1 aromatic rings. The molecule has 3 N–H and O–H groups in total. The van der Waals surface area contributed by atoms with Crippen molar-refractivity contribution >= 4 is 11.9 Å². The lowest BCUT2D eigenvalue weighted by Gasteiger charge is -2.41. The van der Waals surface area contributed by atoms with E-state index in [9.17, 15) is 14.4 Å². The van der Waals surface area contributed by atoms with Crippen molar-refractivity contribution in [3.8, 4) is 0 Å². The van der Waals surface area contributed by atoms with Crippen molar-refractivity contribution in [2.75, 3.05) is 0 Å². The van der Waals surface area contributed by atoms with Gasteiger partial charge in [-0.3, -0.25) is 14.4 Å². The fourth-order valence-electron chi connectivity index (χ4n) is 2.01. The summed E-state index contributed by atoms with van der Waals surface area (Å²) in [6.45, 7) is 0. The maximum absolute atomic E-state index is 11.9. The molecule has 96 valence electrons. The Morgan fingerprint density at radius 2 is 2.22 bits per heavy atom. The van der Waals surface area contributed by atoms with E-state index in [1.54, 1.807) is 0 Å². The molecule has 1 aliphatic carbocycles. The Morgan fingerprint density at radius 3 is 2.67 bits per heavy atom. The predicted molar refractivity (Wildman–Crippen MR) is 61.2 cm³/mol. The number of carbonyl (C=O) groups excluding carboxylic acids is 1. The SMILES string of the molecule is O=C(O)CC1(NC(=O)c2c[nH]c(=O)cn2)CCC1. The van der Waals surface area contributed by atoms with Gasteiger partial charge in [-0.25, -0.2) is 4.98 Å². The van der Waals surface area contributed by atoms with E-state index < -0.39 is 23.0 Å². The first-order chi connectivity index (χ1) is 8.51. The Labute approximate surface area is 102 Å². The first kappa shape index (κ1) is 12.3. The van der Waals surface area contributed by atoms with E-state index in [-0.39, 0.29) is 12.1 Å². The monoisotopic (exact) mass is 251 g/mol. The maximum Gasteiger partial charge on any atom is 0.305 e. The zero-order valence-corrected chi connectivity index (χ0v) is 9.60. The van der Waals surface area contributed by atoms with E-state index in [0.717, 1.165) is 12.6 Å². The second-order valence-electron chi connectivity index (χ2n) is 4.45. The molecule has 0 saturated heterocycles. The third kappa shape index (κ3) is 2.55. The molecule has 0 unspecified atom stereocenters. The van der Waals surface area contributed by atoms with Crippen LogP contribution in [-0.2, 0) is 4.79 Å². The Kier molecular flexibility index (Phi) is 3.14. The fraction of sp³-hybridized carbons (Fsp3) is 0.455. The zero-order valence-electron chi connectivity index (χ0n) is 9.60. The predicted octanol–water partition coefficient (Wildman–Crippen LogP) is -0.103. The molecule has 1 amide bonds. The molecule has 1 fully saturated rings. The molecule has 0 radical (unpaired) electrons. The number of aromatic amines is 1. The van der Waals surface area contributed by atoms with Gasteiger partial charge in [-0.05, 0) is 19.3 Å². The summed E-state index contributed by atoms with van der Waals surface area (Å²) in [7, 11) is 0. The Hall–Kier alpha value is -2.18. The van der Waals surface area contributed by atoms with Crippen molar-refractivity contribution in [2.45, 2.75) is 31.2 Å². The average Bonchev–Trinajstić information content (AvgIpc) is 2.26. The van der Waals surface area contributed by atoms with Crippen molar-refractivity contribution in [1.29, 1.82) is 0 Å². The molecule has 2 rings (SSSR count). The summed E-state index contributed by atoms with van der Waals surface area (Å²) in [6, 6.07) is 0. The summed E-state index contributed by atoms with van der Waals surface area (Å²) in [5.74, 6) is -1.41. The van der Waals surface area contributed by atoms with Gasteiger partial charge in [0.15, 0.2) is 0 Å². The molecule has 7 heteroatoms. The highest BCUT2D eigenvalue weighted by Crippen LogP contribution is 2.35. The van der Waals surface area contributed by atoms with E-state index in [0.29, 0.717) is 12.8 Å². The minimum Gasteiger partial charge on any atom is -0.481 e. The van der Waals surface area contributed by atoms with Gasteiger partial charge in [-0.15, -0.1) is 0 Å². The Balaban J connectivity index is 2.08. The van der Waals surface area contributed by atoms with E-state index in [1.807, 2.05) is 0 Å². The Morgan fingerprint density at radius 1 is 1.50 bits per heavy atom. The number of rotatable bonds is 4. The van der Waals surface area contributed by atoms with Crippen LogP contribution in [0.3, 0.4) is 0 Å². The number of nitrogens with one attached hydrogen (secondary N) is 2. The molecule has 0 bridgehead atoms. The van der Waals surface area contributed by atoms with Crippen LogP contribution in [0.1, 0.15) is 36.2 Å². The van der Waals surface area contributed by atoms with Crippen molar-refractivity contribution in [2.24, 2.45) is 0 Å². The second kappa shape index (κ2) is 4.59. The number of carbonyl (C=O) groups is 2. The van der Waals surface area contributed by atoms with Crippen LogP contribution in [0.15, 0.2) is 17.2 Å². The van der Waals surface area contributed by atoms with Gasteiger partial charge in [0, 0.05) is 6.20 Å². The third-order valence-electron chi connectivity index (χ3n) is 3.08. The van der Waals surface area contributed by atoms with Crippen LogP contribution in [0.25, 0.3) is 0 Å². The molecule has 0 aromatic carbocycles. The van der Waals surface area contributed by atoms with Gasteiger partial charge in [0.2, 0.25) is 0 Å². The summed E-state index contributed by atoms with van der Waals surface area (Å²) in [6.07, 6.45) is 4.32. The summed E-state index contributed by atoms with van der Waals surface area (Å²) in [5.41, 5.74) is -0.984. The van der Waals surface area contributed by atoms with Gasteiger partial charge in [0.25, 0.3) is 11.5 Å². The van der Waals surface area contributed by atoms with Crippen LogP contribution in [0.2, 0.25) is 0 Å². The lowest BCUT2D eigenvalue weighted by Crippen LogP contribution is -2.54. The smallest absolute Gasteiger partial charge is 0.305 e. The largest absolute Gasteiger partial charge is 0.481 e. The van der Waals surface area contributed by atoms with E-state index >= 15 is 0 Å². The molecule has 18 heavy (non-hydrogen) atoms. The number of H-pyrrole nitrogens is 1. The van der Waals surface area contributed by atoms with Gasteiger partial charge in [0.05, 0.1) is 18.2 Å². The number of aromatic nitrogens is 2. The lowest BCUT2D eigenvalue weighted by atomic mass is 9.74. The maximum atomic E-state index is 11.9. The lowest BCUT2D eigenvalue weighted by molar-refractivity contribution is -0.139. The van der Waals surface area contributed by atoms with Crippen LogP contribution < -0.4 is 10.9 Å². The number of amides is 1. The summed E-state index contributed by atoms with van der Waals surface area (Å²) < 4.78 is 0. The molecule has 1 saturated carbocycles. The quantitative estimate of drug-likeness (QED) is 0.691. The van der Waals surface area contributed by atoms with Crippen LogP contribution in [0, 0.1) is 0 Å². The summed E-state index contributed by atoms with van der Waals surface area (Å²) >= 11 is 0. The number of aliphatic carboxylic acids is 1. The van der Waals surface area contributed by atoms with Crippen molar-refractivity contribution in [3.05, 3.63) is 28.4 Å². The van der Waals surface area contributed by atoms with Gasteiger partial charge in [-0.1, -0.05) is 0 Å². The van der Waals surface area contributed by atoms with E-state index in [2.05, 4.69) is 15.3 Å². The van der Waals surface area contributed by atoms with Gasteiger partial charge >= 0.3 is 5.97 Å². The third-order valence-corrected chi connectivity index (χ3v) is 3.08. The second-order valence-corrected chi connectivity index (χ2v) is 4.45. The average molecular weight is 251 g/mol. The minimum absolute atomic E-state index is 0.0752. The molecule has 1 heterocycles. The number of nitrogens with zero attached hydrogens (tertiary/aromatic N) is 1. The molecule has 0 atom stereocenters. The van der Waals surface area contributed by atoms with Crippen LogP contribution in [0.5, 0.6) is 0 Å². The Bertz CT molecular complexity index is 513. The minimum atomic E-state index is -0.940. The van der Waals surface area contributed by atoms with Crippen molar-refractivity contribution < 1.29 is 14.7 Å². The molecule has 1 aliphatic rings. The molecular weight excluding hydrogens is 238 g/mol. The van der Waals surface area contributed by atoms with Crippen molar-refractivity contribution in [1.82, 2.24) is 15.3 Å². The first-order valence-corrected chi connectivity index (χ1v) is 5.60. The summed E-state index contributed by atoms with van der Waals surface area (Å²) in [4.78, 5) is 39.5. The molecule has 0 aliphatic heterocycles. The van der Waals surface area contributed by atoms with Gasteiger partial charge < -0.3 is 15.4 Å². The molecule has 0 spiro atoms. The van der Waals surface area contributed by atoms with Gasteiger partial charge in [0.1, 0.15) is 5.69 Å². The van der Waals surface area contributed by atoms with Crippen molar-refractivity contribution in [3.63, 3.8) is 0 Å². The fourth-order valence-corrected chi connectivity index (χ4v) is 2.01. The molecule has 7 nitrogen and oxygen atoms in total. The van der Waals surface area contributed by atoms with Crippen LogP contribution in [-0.4, -0.2) is 32.5 Å². The highest BCUT2D eigenvalue weighted by molar-refractivity contribution is 5.92. The van der Waals surface area contributed by atoms with Crippen LogP contribution >= 0.6 is 0 Å². The molecular formula is C11H13N3O4. The number of hydrogen-bond acceptors (Lipinski definition) is 4. The highest BCUT2D eigenvalue weighted by Gasteiger charge is 2.40. The van der Waals surface area contributed by atoms with Crippen LogP contribution in [0.4, 0.5) is 0 Å². The number of hydrogen-bond donors (Lipinski definition) is 3. The topological polar surface area (TPSA) is 112 Å².